The van der Waals surface area contributed by atoms with E-state index >= 15 is 0 Å². The lowest BCUT2D eigenvalue weighted by molar-refractivity contribution is 0.541. The Morgan fingerprint density at radius 2 is 1.72 bits per heavy atom. The summed E-state index contributed by atoms with van der Waals surface area (Å²) in [7, 11) is 0. The standard InChI is InChI=1S/C20H17ClN4/c1-20(2,3)19-24-23-17-13-7-5-4-6-12(13)16-14-10-11(21)8-9-15(14)22-18(16)25(17)19/h4-10,22H,1-3H3. The molecule has 124 valence electrons. The molecule has 0 spiro atoms. The molecular formula is C20H17ClN4. The molecule has 0 unspecified atom stereocenters. The highest BCUT2D eigenvalue weighted by molar-refractivity contribution is 6.32. The molecule has 5 rings (SSSR count). The summed E-state index contributed by atoms with van der Waals surface area (Å²) in [6, 6.07) is 14.3. The third kappa shape index (κ3) is 1.94. The number of pyridine rings is 1. The fourth-order valence-corrected chi connectivity index (χ4v) is 3.81. The molecule has 1 N–H and O–H groups in total. The van der Waals surface area contributed by atoms with Gasteiger partial charge in [-0.2, -0.15) is 0 Å². The van der Waals surface area contributed by atoms with Gasteiger partial charge in [0, 0.05) is 32.1 Å². The molecule has 0 aliphatic rings. The zero-order valence-electron chi connectivity index (χ0n) is 14.3. The number of nitrogens with one attached hydrogen (secondary N) is 1. The predicted molar refractivity (Wildman–Crippen MR) is 104 cm³/mol. The van der Waals surface area contributed by atoms with Gasteiger partial charge in [-0.3, -0.25) is 4.40 Å². The van der Waals surface area contributed by atoms with Crippen molar-refractivity contribution in [2.45, 2.75) is 26.2 Å². The summed E-state index contributed by atoms with van der Waals surface area (Å²) in [5.41, 5.74) is 2.83. The molecule has 3 heterocycles. The normalized spacial score (nSPS) is 12.8. The van der Waals surface area contributed by atoms with Crippen molar-refractivity contribution in [2.24, 2.45) is 0 Å². The average molecular weight is 349 g/mol. The topological polar surface area (TPSA) is 46.0 Å². The lowest BCUT2D eigenvalue weighted by Crippen LogP contribution is -2.16. The number of hydrogen-bond acceptors (Lipinski definition) is 2. The fraction of sp³-hybridized carbons (Fsp3) is 0.200. The van der Waals surface area contributed by atoms with Gasteiger partial charge in [-0.05, 0) is 23.6 Å². The minimum absolute atomic E-state index is 0.121. The highest BCUT2D eigenvalue weighted by atomic mass is 35.5. The van der Waals surface area contributed by atoms with E-state index in [-0.39, 0.29) is 5.41 Å². The van der Waals surface area contributed by atoms with Gasteiger partial charge in [0.05, 0.1) is 0 Å². The molecule has 5 aromatic rings. The zero-order valence-corrected chi connectivity index (χ0v) is 15.0. The Bertz CT molecular complexity index is 1290. The fourth-order valence-electron chi connectivity index (χ4n) is 3.64. The Labute approximate surface area is 149 Å². The third-order valence-corrected chi connectivity index (χ3v) is 4.97. The number of nitrogens with zero attached hydrogens (tertiary/aromatic N) is 3. The van der Waals surface area contributed by atoms with E-state index in [1.165, 1.54) is 0 Å². The van der Waals surface area contributed by atoms with E-state index in [2.05, 4.69) is 58.6 Å². The maximum Gasteiger partial charge on any atom is 0.170 e. The Kier molecular flexibility index (Phi) is 2.79. The van der Waals surface area contributed by atoms with E-state index in [1.807, 2.05) is 24.3 Å². The first-order chi connectivity index (χ1) is 11.9. The van der Waals surface area contributed by atoms with E-state index < -0.39 is 0 Å². The number of benzene rings is 2. The summed E-state index contributed by atoms with van der Waals surface area (Å²) in [6.07, 6.45) is 0. The van der Waals surface area contributed by atoms with Gasteiger partial charge in [0.2, 0.25) is 0 Å². The predicted octanol–water partition coefficient (Wildman–Crippen LogP) is 5.47. The van der Waals surface area contributed by atoms with E-state index in [1.54, 1.807) is 0 Å². The van der Waals surface area contributed by atoms with E-state index in [0.717, 1.165) is 49.2 Å². The number of hydrogen-bond donors (Lipinski definition) is 1. The minimum atomic E-state index is -0.121. The third-order valence-electron chi connectivity index (χ3n) is 4.74. The Hall–Kier alpha value is -2.59. The van der Waals surface area contributed by atoms with Crippen LogP contribution in [0.3, 0.4) is 0 Å². The molecule has 0 aliphatic carbocycles. The van der Waals surface area contributed by atoms with Crippen LogP contribution in [-0.2, 0) is 5.41 Å². The van der Waals surface area contributed by atoms with Crippen molar-refractivity contribution in [3.05, 3.63) is 53.3 Å². The van der Waals surface area contributed by atoms with Crippen LogP contribution in [0.5, 0.6) is 0 Å². The van der Waals surface area contributed by atoms with Crippen molar-refractivity contribution < 1.29 is 0 Å². The van der Waals surface area contributed by atoms with Crippen LogP contribution in [0.15, 0.2) is 42.5 Å². The van der Waals surface area contributed by atoms with Crippen LogP contribution < -0.4 is 0 Å². The largest absolute Gasteiger partial charge is 0.340 e. The van der Waals surface area contributed by atoms with Crippen LogP contribution in [0.4, 0.5) is 0 Å². The smallest absolute Gasteiger partial charge is 0.170 e. The zero-order chi connectivity index (χ0) is 17.3. The van der Waals surface area contributed by atoms with Gasteiger partial charge in [-0.15, -0.1) is 10.2 Å². The maximum absolute atomic E-state index is 6.28. The summed E-state index contributed by atoms with van der Waals surface area (Å²) in [5, 5.41) is 14.3. The molecular weight excluding hydrogens is 332 g/mol. The SMILES string of the molecule is CC(C)(C)c1nnc2c3ccccc3c3c4cc(Cl)ccc4[nH]c3n12. The van der Waals surface area contributed by atoms with Crippen molar-refractivity contribution in [3.8, 4) is 0 Å². The highest BCUT2D eigenvalue weighted by Gasteiger charge is 2.25. The van der Waals surface area contributed by atoms with Crippen molar-refractivity contribution in [3.63, 3.8) is 0 Å². The second-order valence-corrected chi connectivity index (χ2v) is 7.95. The van der Waals surface area contributed by atoms with Gasteiger partial charge in [0.15, 0.2) is 5.65 Å². The van der Waals surface area contributed by atoms with Gasteiger partial charge < -0.3 is 4.98 Å². The number of rotatable bonds is 0. The molecule has 3 aromatic heterocycles. The Morgan fingerprint density at radius 3 is 2.48 bits per heavy atom. The van der Waals surface area contributed by atoms with Crippen molar-refractivity contribution in [1.82, 2.24) is 19.6 Å². The molecule has 0 amide bonds. The first-order valence-corrected chi connectivity index (χ1v) is 8.70. The van der Waals surface area contributed by atoms with Crippen molar-refractivity contribution in [2.75, 3.05) is 0 Å². The molecule has 0 radical (unpaired) electrons. The van der Waals surface area contributed by atoms with Gasteiger partial charge in [0.25, 0.3) is 0 Å². The van der Waals surface area contributed by atoms with Gasteiger partial charge in [-0.1, -0.05) is 56.6 Å². The molecule has 0 bridgehead atoms. The van der Waals surface area contributed by atoms with Gasteiger partial charge >= 0.3 is 0 Å². The van der Waals surface area contributed by atoms with E-state index in [4.69, 9.17) is 11.6 Å². The quantitative estimate of drug-likeness (QED) is 0.403. The second kappa shape index (κ2) is 4.73. The lowest BCUT2D eigenvalue weighted by Gasteiger charge is -2.16. The number of halogens is 1. The summed E-state index contributed by atoms with van der Waals surface area (Å²) >= 11 is 6.28. The maximum atomic E-state index is 6.28. The molecule has 5 heteroatoms. The summed E-state index contributed by atoms with van der Waals surface area (Å²) in [5.74, 6) is 0.941. The summed E-state index contributed by atoms with van der Waals surface area (Å²) in [6.45, 7) is 6.47. The molecule has 0 aliphatic heterocycles. The Morgan fingerprint density at radius 1 is 0.960 bits per heavy atom. The number of fused-ring (bicyclic) bond motifs is 8. The molecule has 0 fully saturated rings. The van der Waals surface area contributed by atoms with Crippen LogP contribution in [0, 0.1) is 0 Å². The van der Waals surface area contributed by atoms with Crippen LogP contribution >= 0.6 is 11.6 Å². The molecule has 0 saturated heterocycles. The number of aromatic nitrogens is 4. The number of H-pyrrole nitrogens is 1. The molecule has 0 saturated carbocycles. The Balaban J connectivity index is 2.16. The molecule has 4 nitrogen and oxygen atoms in total. The average Bonchev–Trinajstić information content (AvgIpc) is 3.16. The van der Waals surface area contributed by atoms with Crippen LogP contribution in [0.1, 0.15) is 26.6 Å². The molecule has 25 heavy (non-hydrogen) atoms. The summed E-state index contributed by atoms with van der Waals surface area (Å²) < 4.78 is 2.16. The van der Waals surface area contributed by atoms with Crippen molar-refractivity contribution >= 4 is 50.0 Å². The van der Waals surface area contributed by atoms with Crippen LogP contribution in [-0.4, -0.2) is 19.6 Å². The summed E-state index contributed by atoms with van der Waals surface area (Å²) in [4.78, 5) is 3.56. The molecule has 0 atom stereocenters. The van der Waals surface area contributed by atoms with Crippen LogP contribution in [0.2, 0.25) is 5.02 Å². The number of aromatic amines is 1. The van der Waals surface area contributed by atoms with Crippen molar-refractivity contribution in [1.29, 1.82) is 0 Å². The second-order valence-electron chi connectivity index (χ2n) is 7.52. The van der Waals surface area contributed by atoms with Gasteiger partial charge in [0.1, 0.15) is 11.5 Å². The first-order valence-electron chi connectivity index (χ1n) is 8.32. The monoisotopic (exact) mass is 348 g/mol. The van der Waals surface area contributed by atoms with Gasteiger partial charge in [-0.25, -0.2) is 0 Å². The van der Waals surface area contributed by atoms with E-state index in [0.29, 0.717) is 0 Å². The first kappa shape index (κ1) is 14.7. The highest BCUT2D eigenvalue weighted by Crippen LogP contribution is 2.37. The molecule has 2 aromatic carbocycles. The van der Waals surface area contributed by atoms with E-state index in [9.17, 15) is 0 Å². The lowest BCUT2D eigenvalue weighted by atomic mass is 9.95. The minimum Gasteiger partial charge on any atom is -0.340 e. The van der Waals surface area contributed by atoms with Crippen LogP contribution in [0.25, 0.3) is 38.4 Å².